The average Bonchev–Trinajstić information content (AvgIpc) is 3.22. The van der Waals surface area contributed by atoms with Crippen LogP contribution in [-0.2, 0) is 6.54 Å². The molecule has 3 aromatic rings. The van der Waals surface area contributed by atoms with Crippen LogP contribution in [0.5, 0.6) is 11.5 Å². The molecule has 2 aromatic heterocycles. The number of aliphatic hydroxyl groups is 1. The fourth-order valence-electron chi connectivity index (χ4n) is 3.49. The first-order valence-corrected chi connectivity index (χ1v) is 11.1. The van der Waals surface area contributed by atoms with Gasteiger partial charge in [0.2, 0.25) is 0 Å². The number of alkyl halides is 1. The van der Waals surface area contributed by atoms with Gasteiger partial charge in [0.1, 0.15) is 17.6 Å². The molecule has 2 heterocycles. The highest BCUT2D eigenvalue weighted by Gasteiger charge is 2.15. The Hall–Kier alpha value is -2.51. The molecule has 0 saturated heterocycles. The zero-order valence-electron chi connectivity index (χ0n) is 17.6. The number of allylic oxidation sites excluding steroid dienone is 3. The molecule has 8 heteroatoms. The van der Waals surface area contributed by atoms with Gasteiger partial charge in [0.05, 0.1) is 25.6 Å². The number of nitrogens with one attached hydrogen (secondary N) is 1. The minimum absolute atomic E-state index is 0.0610. The van der Waals surface area contributed by atoms with Gasteiger partial charge in [0.15, 0.2) is 11.5 Å². The lowest BCUT2D eigenvalue weighted by molar-refractivity contribution is 0.134. The van der Waals surface area contributed by atoms with Gasteiger partial charge in [-0.2, -0.15) is 0 Å². The number of aromatic nitrogens is 1. The second-order valence-corrected chi connectivity index (χ2v) is 8.44. The summed E-state index contributed by atoms with van der Waals surface area (Å²) >= 11 is 12.4. The molecule has 168 valence electrons. The molecule has 2 atom stereocenters. The van der Waals surface area contributed by atoms with Crippen LogP contribution in [0.1, 0.15) is 30.4 Å². The molecule has 0 radical (unpaired) electrons. The predicted molar refractivity (Wildman–Crippen MR) is 125 cm³/mol. The molecule has 6 nitrogen and oxygen atoms in total. The van der Waals surface area contributed by atoms with Crippen LogP contribution in [-0.4, -0.2) is 29.2 Å². The largest absolute Gasteiger partial charge is 0.493 e. The maximum absolute atomic E-state index is 10.6. The number of nitrogens with zero attached hydrogens (tertiary/aromatic N) is 1. The van der Waals surface area contributed by atoms with Gasteiger partial charge in [-0.3, -0.25) is 10.3 Å². The van der Waals surface area contributed by atoms with E-state index in [1.807, 2.05) is 24.3 Å². The maximum Gasteiger partial charge on any atom is 0.161 e. The average molecular weight is 475 g/mol. The molecule has 4 rings (SSSR count). The van der Waals surface area contributed by atoms with E-state index in [2.05, 4.69) is 10.3 Å². The first-order valence-electron chi connectivity index (χ1n) is 10.3. The van der Waals surface area contributed by atoms with E-state index in [9.17, 15) is 5.11 Å². The predicted octanol–water partition coefficient (Wildman–Crippen LogP) is 5.45. The van der Waals surface area contributed by atoms with E-state index in [0.717, 1.165) is 21.6 Å². The molecule has 2 N–H and O–H groups in total. The number of methoxy groups -OCH3 is 1. The topological polar surface area (TPSA) is 76.8 Å². The SMILES string of the molecule is COc1ccc(C(O)NCc2cc3cnccc3o2)cc1OCCC1=C(Cl)CC(Cl)C=C1. The lowest BCUT2D eigenvalue weighted by Gasteiger charge is -2.17. The van der Waals surface area contributed by atoms with E-state index >= 15 is 0 Å². The zero-order chi connectivity index (χ0) is 22.5. The third-order valence-electron chi connectivity index (χ3n) is 5.20. The van der Waals surface area contributed by atoms with Crippen LogP contribution in [0.15, 0.2) is 69.9 Å². The number of furan rings is 1. The summed E-state index contributed by atoms with van der Waals surface area (Å²) in [6.45, 7) is 0.776. The number of aliphatic hydroxyl groups excluding tert-OH is 1. The van der Waals surface area contributed by atoms with Crippen molar-refractivity contribution in [2.45, 2.75) is 31.0 Å². The molecule has 0 saturated carbocycles. The Kier molecular flexibility index (Phi) is 7.37. The van der Waals surface area contributed by atoms with E-state index in [0.29, 0.717) is 48.8 Å². The summed E-state index contributed by atoms with van der Waals surface area (Å²) in [5, 5.41) is 15.3. The van der Waals surface area contributed by atoms with Crippen molar-refractivity contribution in [2.24, 2.45) is 0 Å². The molecule has 1 aliphatic rings. The van der Waals surface area contributed by atoms with Gasteiger partial charge in [-0.05, 0) is 35.4 Å². The Morgan fingerprint density at radius 3 is 2.94 bits per heavy atom. The molecule has 2 unspecified atom stereocenters. The van der Waals surface area contributed by atoms with E-state index in [1.165, 1.54) is 0 Å². The Morgan fingerprint density at radius 2 is 2.16 bits per heavy atom. The van der Waals surface area contributed by atoms with Gasteiger partial charge in [0.25, 0.3) is 0 Å². The Morgan fingerprint density at radius 1 is 1.28 bits per heavy atom. The second kappa shape index (κ2) is 10.4. The lowest BCUT2D eigenvalue weighted by atomic mass is 10.0. The van der Waals surface area contributed by atoms with Gasteiger partial charge >= 0.3 is 0 Å². The van der Waals surface area contributed by atoms with E-state index in [4.69, 9.17) is 37.1 Å². The first kappa shape index (κ1) is 22.7. The fourth-order valence-corrected chi connectivity index (χ4v) is 4.12. The number of hydrogen-bond acceptors (Lipinski definition) is 6. The molecule has 32 heavy (non-hydrogen) atoms. The number of fused-ring (bicyclic) bond motifs is 1. The number of hydrogen-bond donors (Lipinski definition) is 2. The van der Waals surface area contributed by atoms with Crippen molar-refractivity contribution in [3.8, 4) is 11.5 Å². The molecular formula is C24H24Cl2N2O4. The van der Waals surface area contributed by atoms with Crippen molar-refractivity contribution in [3.63, 3.8) is 0 Å². The van der Waals surface area contributed by atoms with Crippen LogP contribution >= 0.6 is 23.2 Å². The highest BCUT2D eigenvalue weighted by atomic mass is 35.5. The summed E-state index contributed by atoms with van der Waals surface area (Å²) in [6.07, 6.45) is 7.68. The number of rotatable bonds is 9. The van der Waals surface area contributed by atoms with Crippen LogP contribution in [0.25, 0.3) is 11.0 Å². The second-order valence-electron chi connectivity index (χ2n) is 7.43. The van der Waals surface area contributed by atoms with Gasteiger partial charge in [-0.1, -0.05) is 29.8 Å². The standard InChI is InChI=1S/C24H24Cl2N2O4/c1-30-22-5-3-16(11-23(22)31-9-7-15-2-4-18(25)12-20(15)26)24(29)28-14-19-10-17-13-27-8-6-21(17)32-19/h2-6,8,10-11,13,18,24,28-29H,7,9,12,14H2,1H3. The number of ether oxygens (including phenoxy) is 2. The first-order chi connectivity index (χ1) is 15.5. The van der Waals surface area contributed by atoms with Crippen LogP contribution in [0, 0.1) is 0 Å². The van der Waals surface area contributed by atoms with Crippen LogP contribution < -0.4 is 14.8 Å². The number of benzene rings is 1. The molecule has 0 fully saturated rings. The number of pyridine rings is 1. The summed E-state index contributed by atoms with van der Waals surface area (Å²) < 4.78 is 17.1. The minimum Gasteiger partial charge on any atom is -0.493 e. The van der Waals surface area contributed by atoms with Crippen LogP contribution in [0.4, 0.5) is 0 Å². The van der Waals surface area contributed by atoms with Gasteiger partial charge in [-0.25, -0.2) is 0 Å². The smallest absolute Gasteiger partial charge is 0.161 e. The quantitative estimate of drug-likeness (QED) is 0.317. The molecule has 1 aromatic carbocycles. The molecule has 1 aliphatic carbocycles. The highest BCUT2D eigenvalue weighted by molar-refractivity contribution is 6.31. The monoisotopic (exact) mass is 474 g/mol. The lowest BCUT2D eigenvalue weighted by Crippen LogP contribution is -2.20. The molecule has 0 amide bonds. The van der Waals surface area contributed by atoms with Crippen molar-refractivity contribution < 1.29 is 19.0 Å². The van der Waals surface area contributed by atoms with Crippen molar-refractivity contribution in [2.75, 3.05) is 13.7 Å². The van der Waals surface area contributed by atoms with Gasteiger partial charge in [0, 0.05) is 35.7 Å². The summed E-state index contributed by atoms with van der Waals surface area (Å²) in [4.78, 5) is 4.08. The molecule has 0 spiro atoms. The van der Waals surface area contributed by atoms with Crippen molar-refractivity contribution >= 4 is 34.2 Å². The van der Waals surface area contributed by atoms with Gasteiger partial charge < -0.3 is 19.0 Å². The van der Waals surface area contributed by atoms with Gasteiger partial charge in [-0.15, -0.1) is 11.6 Å². The molecular weight excluding hydrogens is 451 g/mol. The van der Waals surface area contributed by atoms with Crippen molar-refractivity contribution in [1.82, 2.24) is 10.3 Å². The summed E-state index contributed by atoms with van der Waals surface area (Å²) in [6, 6.07) is 9.03. The third-order valence-corrected chi connectivity index (χ3v) is 5.90. The summed E-state index contributed by atoms with van der Waals surface area (Å²) in [5.41, 5.74) is 2.43. The Labute approximate surface area is 196 Å². The van der Waals surface area contributed by atoms with Crippen LogP contribution in [0.2, 0.25) is 0 Å². The summed E-state index contributed by atoms with van der Waals surface area (Å²) in [7, 11) is 1.58. The highest BCUT2D eigenvalue weighted by Crippen LogP contribution is 2.32. The molecule has 0 bridgehead atoms. The molecule has 0 aliphatic heterocycles. The van der Waals surface area contributed by atoms with Crippen LogP contribution in [0.3, 0.4) is 0 Å². The Balaban J connectivity index is 1.38. The third kappa shape index (κ3) is 5.45. The Bertz CT molecular complexity index is 1110. The number of halogens is 2. The van der Waals surface area contributed by atoms with E-state index < -0.39 is 6.23 Å². The van der Waals surface area contributed by atoms with Crippen molar-refractivity contribution in [1.29, 1.82) is 0 Å². The maximum atomic E-state index is 10.6. The zero-order valence-corrected chi connectivity index (χ0v) is 19.1. The van der Waals surface area contributed by atoms with Crippen molar-refractivity contribution in [3.05, 3.63) is 76.8 Å². The fraction of sp³-hybridized carbons (Fsp3) is 0.292. The van der Waals surface area contributed by atoms with E-state index in [1.54, 1.807) is 37.7 Å². The van der Waals surface area contributed by atoms with E-state index in [-0.39, 0.29) is 5.38 Å². The summed E-state index contributed by atoms with van der Waals surface area (Å²) in [5.74, 6) is 1.85. The minimum atomic E-state index is -0.909. The normalized spacial score (nSPS) is 17.1.